The third kappa shape index (κ3) is 7.73. The van der Waals surface area contributed by atoms with Crippen molar-refractivity contribution in [3.63, 3.8) is 0 Å². The molecule has 0 N–H and O–H groups in total. The van der Waals surface area contributed by atoms with Crippen molar-refractivity contribution in [2.45, 2.75) is 0 Å². The zero-order chi connectivity index (χ0) is 87.4. The van der Waals surface area contributed by atoms with Crippen molar-refractivity contribution in [1.82, 2.24) is 14.1 Å². The number of aromatic nitrogens is 3. The van der Waals surface area contributed by atoms with E-state index in [1.807, 2.05) is 194 Å². The van der Waals surface area contributed by atoms with Crippen LogP contribution in [-0.2, 0) is 0 Å². The molecular weight excluding hydrogens is 1280 g/mol. The third-order valence-corrected chi connectivity index (χ3v) is 21.9. The minimum Gasteiger partial charge on any atom is -0.459 e. The molecule has 0 fully saturated rings. The van der Waals surface area contributed by atoms with Crippen molar-refractivity contribution in [2.24, 2.45) is 0 Å². The molecule has 0 saturated carbocycles. The Morgan fingerprint density at radius 2 is 0.667 bits per heavy atom. The Labute approximate surface area is 637 Å². The van der Waals surface area contributed by atoms with Crippen LogP contribution in [0.15, 0.2) is 339 Å². The number of anilines is 6. The maximum Gasteiger partial charge on any atom is 0.261 e. The first-order chi connectivity index (χ1) is 61.3. The monoisotopic (exact) mass is 1350 g/mol. The smallest absolute Gasteiger partial charge is 0.261 e. The lowest BCUT2D eigenvalue weighted by atomic mass is 9.28. The zero-order valence-electron chi connectivity index (χ0n) is 76.9. The van der Waals surface area contributed by atoms with E-state index in [0.29, 0.717) is 61.7 Å². The van der Waals surface area contributed by atoms with E-state index in [9.17, 15) is 30.2 Å². The standard InChI is InChI=1S/C95H56B3N5O2/c1-5-27-57(28-6-1)62-37-23-38-63(58-29-7-2-8-30-58)90(62)102-77-53-61(74-47-21-22-52-99-74)54-78-85(77)98(88-81(102)55-79-86-94(88)104-83-50-19-15-43-70(83)96(86)72-45-25-41-68-66-35-13-17-48-75(66)100(79)92(68)72)89-82(103(78)91-64(59-31-9-3-10-32-59)39-24-40-65(91)60-33-11-4-12-34-60)56-80-87-95(89)105-84-51-20-16-44-71(84)97(87)73-46-26-42-69-67-36-14-18-49-76(67)101(80)93(69)73/h1-56H/i13D,14D,15D,16D,17D,18D,19D,20D,25D,26D,35D,36D,41D,42D,43D,44D,45D,46D,48D,49D,50D,51D. The molecule has 0 radical (unpaired) electrons. The van der Waals surface area contributed by atoms with Crippen molar-refractivity contribution >= 4 is 147 Å². The molecule has 105 heavy (non-hydrogen) atoms. The summed E-state index contributed by atoms with van der Waals surface area (Å²) in [5.41, 5.74) is 9.12. The number of hydrogen-bond acceptors (Lipinski definition) is 5. The fourth-order valence-electron chi connectivity index (χ4n) is 17.9. The molecule has 482 valence electrons. The first kappa shape index (κ1) is 40.2. The van der Waals surface area contributed by atoms with Gasteiger partial charge in [0, 0.05) is 101 Å². The van der Waals surface area contributed by atoms with Gasteiger partial charge < -0.3 is 28.4 Å². The molecule has 0 unspecified atom stereocenters. The van der Waals surface area contributed by atoms with Crippen LogP contribution in [0.4, 0.5) is 34.1 Å². The molecule has 7 nitrogen and oxygen atoms in total. The number of ether oxygens (including phenoxy) is 2. The van der Waals surface area contributed by atoms with Gasteiger partial charge in [-0.3, -0.25) is 4.98 Å². The molecule has 15 aromatic carbocycles. The van der Waals surface area contributed by atoms with E-state index in [-0.39, 0.29) is 122 Å². The highest BCUT2D eigenvalue weighted by Gasteiger charge is 2.54. The van der Waals surface area contributed by atoms with E-state index in [4.69, 9.17) is 14.5 Å². The van der Waals surface area contributed by atoms with Gasteiger partial charge in [0.2, 0.25) is 0 Å². The summed E-state index contributed by atoms with van der Waals surface area (Å²) in [6, 6.07) is 50.3. The van der Waals surface area contributed by atoms with Crippen LogP contribution in [0.3, 0.4) is 0 Å². The number of hydrogen-bond donors (Lipinski definition) is 0. The molecule has 0 bridgehead atoms. The molecule has 6 aliphatic heterocycles. The maximum atomic E-state index is 10.5. The minimum absolute atomic E-state index is 0.0172. The van der Waals surface area contributed by atoms with Gasteiger partial charge in [-0.1, -0.05) is 273 Å². The van der Waals surface area contributed by atoms with Gasteiger partial charge in [0.25, 0.3) is 20.1 Å². The van der Waals surface area contributed by atoms with Gasteiger partial charge in [-0.15, -0.1) is 0 Å². The van der Waals surface area contributed by atoms with Crippen molar-refractivity contribution in [3.05, 3.63) is 339 Å². The molecule has 10 heteroatoms. The summed E-state index contributed by atoms with van der Waals surface area (Å²) in [7, 11) is 0. The van der Waals surface area contributed by atoms with Crippen LogP contribution in [0.1, 0.15) is 30.2 Å². The Balaban J connectivity index is 0.993. The van der Waals surface area contributed by atoms with E-state index in [1.54, 1.807) is 21.4 Å². The third-order valence-electron chi connectivity index (χ3n) is 21.9. The van der Waals surface area contributed by atoms with E-state index >= 15 is 0 Å². The molecule has 9 heterocycles. The Morgan fingerprint density at radius 1 is 0.295 bits per heavy atom. The Kier molecular flexibility index (Phi) is 8.23. The Bertz CT molecular complexity index is 7650. The topological polar surface area (TPSA) is 47.7 Å². The van der Waals surface area contributed by atoms with Crippen LogP contribution in [0.2, 0.25) is 0 Å². The van der Waals surface area contributed by atoms with Gasteiger partial charge in [-0.2, -0.15) is 0 Å². The highest BCUT2D eigenvalue weighted by molar-refractivity contribution is 7.05. The predicted octanol–water partition coefficient (Wildman–Crippen LogP) is 17.6. The molecule has 3 aromatic heterocycles. The van der Waals surface area contributed by atoms with Gasteiger partial charge in [0.1, 0.15) is 23.0 Å². The average Bonchev–Trinajstić information content (AvgIpc) is 1.62. The average molecular weight is 1350 g/mol. The molecule has 0 atom stereocenters. The second-order valence-corrected chi connectivity index (χ2v) is 27.0. The summed E-state index contributed by atoms with van der Waals surface area (Å²) in [5.74, 6) is -1.07. The van der Waals surface area contributed by atoms with Crippen LogP contribution in [0.25, 0.3) is 111 Å². The quantitative estimate of drug-likeness (QED) is 0.149. The van der Waals surface area contributed by atoms with Gasteiger partial charge in [-0.05, 0) is 132 Å². The molecular formula is C95H56B3N5O2. The summed E-state index contributed by atoms with van der Waals surface area (Å²) in [6.45, 7) is -4.67. The maximum absolute atomic E-state index is 10.5. The first-order valence-corrected chi connectivity index (χ1v) is 34.6. The summed E-state index contributed by atoms with van der Waals surface area (Å²) in [5, 5.41) is -0.620. The van der Waals surface area contributed by atoms with Crippen LogP contribution in [-0.4, -0.2) is 34.3 Å². The SMILES string of the molecule is [2H]c1c([2H])c([2H])c2c(c1[2H])Oc1c3c(cc4c1B2c1c([2H])c([2H])c([2H])c2c5c([2H])c([2H])c([2H])c([2H])c5n-4c12)N(c1c(-c2ccccc2)cccc1-c1ccccc1)c1cc(-c2ccccn2)cc2c1B3c1c(cc3c4c1Oc1c([2H])c([2H])c([2H])c([2H])c1B4c1c([2H])c([2H])c([2H])c4c5c([2H])c([2H])c([2H])c([2H])c5n-3c14)N2c1c(-c2ccccc2)cccc1-c1ccccc1. The fraction of sp³-hybridized carbons (Fsp3) is 0. The minimum atomic E-state index is -1.59. The normalized spacial score (nSPS) is 16.3. The summed E-state index contributed by atoms with van der Waals surface area (Å²) >= 11 is 0. The number of nitrogens with zero attached hydrogens (tertiary/aromatic N) is 5. The van der Waals surface area contributed by atoms with Crippen LogP contribution < -0.4 is 68.4 Å². The number of fused-ring (bicyclic) bond motifs is 20. The molecule has 6 aliphatic rings. The lowest BCUT2D eigenvalue weighted by Crippen LogP contribution is -2.67. The van der Waals surface area contributed by atoms with E-state index < -0.39 is 165 Å². The van der Waals surface area contributed by atoms with Gasteiger partial charge >= 0.3 is 0 Å². The van der Waals surface area contributed by atoms with Crippen LogP contribution in [0.5, 0.6) is 23.0 Å². The van der Waals surface area contributed by atoms with Crippen molar-refractivity contribution in [1.29, 1.82) is 0 Å². The molecule has 0 spiro atoms. The van der Waals surface area contributed by atoms with E-state index in [1.165, 1.54) is 0 Å². The van der Waals surface area contributed by atoms with Crippen molar-refractivity contribution < 1.29 is 39.6 Å². The molecule has 18 aromatic rings. The summed E-state index contributed by atoms with van der Waals surface area (Å²) < 4.78 is 238. The molecule has 24 rings (SSSR count). The van der Waals surface area contributed by atoms with Crippen LogP contribution in [0, 0.1) is 0 Å². The lowest BCUT2D eigenvalue weighted by molar-refractivity contribution is 0.490. The number of pyridine rings is 1. The number of benzene rings is 15. The van der Waals surface area contributed by atoms with Crippen molar-refractivity contribution in [2.75, 3.05) is 9.80 Å². The first-order valence-electron chi connectivity index (χ1n) is 45.6. The van der Waals surface area contributed by atoms with Gasteiger partial charge in [-0.25, -0.2) is 0 Å². The Hall–Kier alpha value is -13.6. The number of rotatable bonds is 7. The van der Waals surface area contributed by atoms with Crippen LogP contribution >= 0.6 is 0 Å². The highest BCUT2D eigenvalue weighted by atomic mass is 16.5. The lowest BCUT2D eigenvalue weighted by Gasteiger charge is -2.48. The van der Waals surface area contributed by atoms with E-state index in [0.717, 1.165) is 22.3 Å². The molecule has 0 saturated heterocycles. The number of para-hydroxylation sites is 8. The summed E-state index contributed by atoms with van der Waals surface area (Å²) in [6.07, 6.45) is 1.68. The largest absolute Gasteiger partial charge is 0.459 e. The van der Waals surface area contributed by atoms with Gasteiger partial charge in [0.15, 0.2) is 0 Å². The van der Waals surface area contributed by atoms with Gasteiger partial charge in [0.05, 0.1) is 58.3 Å². The second-order valence-electron chi connectivity index (χ2n) is 27.0. The predicted molar refractivity (Wildman–Crippen MR) is 436 cm³/mol. The molecule has 0 amide bonds. The van der Waals surface area contributed by atoms with Crippen molar-refractivity contribution in [3.8, 4) is 90.1 Å². The second kappa shape index (κ2) is 21.5. The fourth-order valence-corrected chi connectivity index (χ4v) is 17.9. The summed E-state index contributed by atoms with van der Waals surface area (Å²) in [4.78, 5) is 9.38. The zero-order valence-corrected chi connectivity index (χ0v) is 54.9. The molecule has 0 aliphatic carbocycles. The van der Waals surface area contributed by atoms with E-state index in [2.05, 4.69) is 9.80 Å². The Morgan fingerprint density at radius 3 is 1.10 bits per heavy atom. The highest BCUT2D eigenvalue weighted by Crippen LogP contribution is 2.56.